The van der Waals surface area contributed by atoms with E-state index in [-0.39, 0.29) is 11.6 Å². The van der Waals surface area contributed by atoms with Crippen LogP contribution in [0.3, 0.4) is 0 Å². The van der Waals surface area contributed by atoms with Crippen LogP contribution < -0.4 is 0 Å². The highest BCUT2D eigenvalue weighted by atomic mass is 16.6. The third-order valence-corrected chi connectivity index (χ3v) is 1.92. The van der Waals surface area contributed by atoms with Gasteiger partial charge in [-0.3, -0.25) is 10.1 Å². The minimum Gasteiger partial charge on any atom is -0.475 e. The Morgan fingerprint density at radius 2 is 2.24 bits per heavy atom. The second-order valence-corrected chi connectivity index (χ2v) is 3.04. The fourth-order valence-corrected chi connectivity index (χ4v) is 1.18. The highest BCUT2D eigenvalue weighted by Crippen LogP contribution is 2.22. The maximum atomic E-state index is 10.5. The van der Waals surface area contributed by atoms with Crippen molar-refractivity contribution in [3.8, 4) is 11.5 Å². The number of non-ortho nitro benzene ring substituents is 1. The Morgan fingerprint density at radius 1 is 1.47 bits per heavy atom. The van der Waals surface area contributed by atoms with Gasteiger partial charge in [0.05, 0.1) is 4.92 Å². The molecule has 0 radical (unpaired) electrons. The van der Waals surface area contributed by atoms with E-state index in [1.165, 1.54) is 24.3 Å². The Balaban J connectivity index is 2.42. The molecule has 0 aliphatic carbocycles. The number of carboxylic acid groups (broad SMARTS) is 1. The number of aromatic carboxylic acids is 1. The third-order valence-electron chi connectivity index (χ3n) is 1.92. The molecule has 0 spiro atoms. The predicted molar refractivity (Wildman–Crippen MR) is 53.3 cm³/mol. The first-order valence-electron chi connectivity index (χ1n) is 4.40. The van der Waals surface area contributed by atoms with Crippen LogP contribution in [-0.4, -0.2) is 26.1 Å². The molecule has 0 fully saturated rings. The van der Waals surface area contributed by atoms with Crippen molar-refractivity contribution in [2.24, 2.45) is 0 Å². The van der Waals surface area contributed by atoms with E-state index in [0.717, 1.165) is 0 Å². The lowest BCUT2D eigenvalue weighted by Crippen LogP contribution is -1.98. The molecule has 0 atom stereocenters. The zero-order valence-electron chi connectivity index (χ0n) is 8.23. The molecule has 86 valence electrons. The molecular formula is C9H5N3O5. The van der Waals surface area contributed by atoms with Crippen molar-refractivity contribution in [3.63, 3.8) is 0 Å². The van der Waals surface area contributed by atoms with Gasteiger partial charge in [-0.25, -0.2) is 4.79 Å². The van der Waals surface area contributed by atoms with Crippen molar-refractivity contribution in [2.75, 3.05) is 0 Å². The monoisotopic (exact) mass is 235 g/mol. The van der Waals surface area contributed by atoms with E-state index >= 15 is 0 Å². The summed E-state index contributed by atoms with van der Waals surface area (Å²) in [6, 6.07) is 5.47. The third kappa shape index (κ3) is 2.09. The second-order valence-electron chi connectivity index (χ2n) is 3.04. The molecule has 8 heteroatoms. The molecule has 1 aromatic heterocycles. The number of rotatable bonds is 3. The van der Waals surface area contributed by atoms with E-state index in [4.69, 9.17) is 5.11 Å². The van der Waals surface area contributed by atoms with E-state index in [1.54, 1.807) is 0 Å². The fraction of sp³-hybridized carbons (Fsp3) is 0. The van der Waals surface area contributed by atoms with Gasteiger partial charge in [0.1, 0.15) is 0 Å². The smallest absolute Gasteiger partial charge is 0.377 e. The van der Waals surface area contributed by atoms with E-state index in [1.807, 2.05) is 0 Å². The summed E-state index contributed by atoms with van der Waals surface area (Å²) in [4.78, 5) is 24.1. The van der Waals surface area contributed by atoms with E-state index in [9.17, 15) is 14.9 Å². The number of nitro groups is 1. The minimum absolute atomic E-state index is 0.0777. The molecule has 2 rings (SSSR count). The van der Waals surface area contributed by atoms with Gasteiger partial charge in [0.15, 0.2) is 0 Å². The largest absolute Gasteiger partial charge is 0.475 e. The Morgan fingerprint density at radius 3 is 2.82 bits per heavy atom. The van der Waals surface area contributed by atoms with Gasteiger partial charge in [0.2, 0.25) is 0 Å². The number of nitro benzene ring substituents is 1. The number of aromatic nitrogens is 2. The molecule has 2 aromatic rings. The molecule has 0 unspecified atom stereocenters. The minimum atomic E-state index is -1.33. The topological polar surface area (TPSA) is 119 Å². The van der Waals surface area contributed by atoms with Gasteiger partial charge in [-0.2, -0.15) is 4.98 Å². The van der Waals surface area contributed by atoms with Crippen LogP contribution in [0.25, 0.3) is 11.5 Å². The van der Waals surface area contributed by atoms with Crippen molar-refractivity contribution in [3.05, 3.63) is 40.2 Å². The van der Waals surface area contributed by atoms with Crippen molar-refractivity contribution in [2.45, 2.75) is 0 Å². The van der Waals surface area contributed by atoms with Crippen LogP contribution in [-0.2, 0) is 0 Å². The summed E-state index contributed by atoms with van der Waals surface area (Å²) in [6.45, 7) is 0. The summed E-state index contributed by atoms with van der Waals surface area (Å²) in [7, 11) is 0. The number of benzene rings is 1. The van der Waals surface area contributed by atoms with Gasteiger partial charge in [0, 0.05) is 17.7 Å². The lowest BCUT2D eigenvalue weighted by Gasteiger charge is -1.93. The van der Waals surface area contributed by atoms with E-state index in [0.29, 0.717) is 5.56 Å². The van der Waals surface area contributed by atoms with E-state index < -0.39 is 16.7 Å². The summed E-state index contributed by atoms with van der Waals surface area (Å²) in [6.07, 6.45) is 0. The maximum Gasteiger partial charge on any atom is 0.377 e. The normalized spacial score (nSPS) is 10.1. The number of carboxylic acids is 1. The molecular weight excluding hydrogens is 230 g/mol. The SMILES string of the molecule is O=C(O)c1noc(-c2cccc([N+](=O)[O-])c2)n1. The lowest BCUT2D eigenvalue weighted by atomic mass is 10.2. The van der Waals surface area contributed by atoms with Crippen LogP contribution in [0.4, 0.5) is 5.69 Å². The first kappa shape index (κ1) is 10.7. The maximum absolute atomic E-state index is 10.5. The average molecular weight is 235 g/mol. The van der Waals surface area contributed by atoms with Gasteiger partial charge in [0.25, 0.3) is 17.4 Å². The van der Waals surface area contributed by atoms with Crippen LogP contribution in [0.2, 0.25) is 0 Å². The number of hydrogen-bond acceptors (Lipinski definition) is 6. The van der Waals surface area contributed by atoms with Gasteiger partial charge in [-0.15, -0.1) is 0 Å². The summed E-state index contributed by atoms with van der Waals surface area (Å²) in [5.74, 6) is -1.90. The first-order valence-corrected chi connectivity index (χ1v) is 4.40. The first-order chi connectivity index (χ1) is 8.08. The summed E-state index contributed by atoms with van der Waals surface area (Å²) in [5.41, 5.74) is 0.150. The van der Waals surface area contributed by atoms with Gasteiger partial charge >= 0.3 is 5.97 Å². The van der Waals surface area contributed by atoms with Gasteiger partial charge in [-0.1, -0.05) is 6.07 Å². The fourth-order valence-electron chi connectivity index (χ4n) is 1.18. The summed E-state index contributed by atoms with van der Waals surface area (Å²) < 4.78 is 4.68. The van der Waals surface area contributed by atoms with Crippen LogP contribution in [0.5, 0.6) is 0 Å². The standard InChI is InChI=1S/C9H5N3O5/c13-9(14)7-10-8(17-11-7)5-2-1-3-6(4-5)12(15)16/h1-4H,(H,13,14). The van der Waals surface area contributed by atoms with Crippen LogP contribution in [0, 0.1) is 10.1 Å². The van der Waals surface area contributed by atoms with Crippen molar-refractivity contribution < 1.29 is 19.3 Å². The highest BCUT2D eigenvalue weighted by Gasteiger charge is 2.16. The summed E-state index contributed by atoms with van der Waals surface area (Å²) >= 11 is 0. The molecule has 0 saturated carbocycles. The molecule has 8 nitrogen and oxygen atoms in total. The zero-order valence-corrected chi connectivity index (χ0v) is 8.23. The molecule has 0 aliphatic rings. The quantitative estimate of drug-likeness (QED) is 0.629. The summed E-state index contributed by atoms with van der Waals surface area (Å²) in [5, 5.41) is 22.3. The highest BCUT2D eigenvalue weighted by molar-refractivity contribution is 5.83. The second kappa shape index (κ2) is 4.00. The van der Waals surface area contributed by atoms with Crippen molar-refractivity contribution in [1.82, 2.24) is 10.1 Å². The molecule has 1 N–H and O–H groups in total. The van der Waals surface area contributed by atoms with Crippen LogP contribution in [0.1, 0.15) is 10.6 Å². The molecule has 0 bridgehead atoms. The number of nitrogens with zero attached hydrogens (tertiary/aromatic N) is 3. The van der Waals surface area contributed by atoms with Gasteiger partial charge < -0.3 is 9.63 Å². The van der Waals surface area contributed by atoms with Crippen LogP contribution in [0.15, 0.2) is 28.8 Å². The molecule has 0 saturated heterocycles. The average Bonchev–Trinajstić information content (AvgIpc) is 2.78. The lowest BCUT2D eigenvalue weighted by molar-refractivity contribution is -0.384. The van der Waals surface area contributed by atoms with Crippen LogP contribution >= 0.6 is 0 Å². The Kier molecular flexibility index (Phi) is 2.53. The molecule has 0 amide bonds. The number of carbonyl (C=O) groups is 1. The van der Waals surface area contributed by atoms with Crippen molar-refractivity contribution >= 4 is 11.7 Å². The van der Waals surface area contributed by atoms with E-state index in [2.05, 4.69) is 14.7 Å². The Labute approximate surface area is 93.6 Å². The molecule has 1 aromatic carbocycles. The van der Waals surface area contributed by atoms with Gasteiger partial charge in [-0.05, 0) is 11.2 Å². The van der Waals surface area contributed by atoms with Crippen molar-refractivity contribution in [1.29, 1.82) is 0 Å². The molecule has 17 heavy (non-hydrogen) atoms. The Bertz CT molecular complexity index is 592. The number of hydrogen-bond donors (Lipinski definition) is 1. The molecule has 0 aliphatic heterocycles. The predicted octanol–water partition coefficient (Wildman–Crippen LogP) is 1.34. The Hall–Kier alpha value is -2.77. The molecule has 1 heterocycles. The zero-order chi connectivity index (χ0) is 12.4.